The van der Waals surface area contributed by atoms with Crippen molar-refractivity contribution in [2.45, 2.75) is 31.6 Å². The van der Waals surface area contributed by atoms with Crippen LogP contribution >= 0.6 is 0 Å². The number of halogens is 6. The predicted octanol–water partition coefficient (Wildman–Crippen LogP) is 2.93. The van der Waals surface area contributed by atoms with Crippen molar-refractivity contribution in [2.75, 3.05) is 0 Å². The summed E-state index contributed by atoms with van der Waals surface area (Å²) in [7, 11) is 0. The lowest BCUT2D eigenvalue weighted by Gasteiger charge is -2.23. The van der Waals surface area contributed by atoms with Gasteiger partial charge in [-0.25, -0.2) is 9.97 Å². The number of alkyl halides is 6. The first-order valence-corrected chi connectivity index (χ1v) is 4.53. The summed E-state index contributed by atoms with van der Waals surface area (Å²) >= 11 is 0. The number of hydrogen-bond acceptors (Lipinski definition) is 2. The second-order valence-corrected chi connectivity index (χ2v) is 3.80. The van der Waals surface area contributed by atoms with E-state index in [9.17, 15) is 26.3 Å². The van der Waals surface area contributed by atoms with Crippen molar-refractivity contribution in [3.63, 3.8) is 0 Å². The largest absolute Gasteiger partial charge is 0.382 e. The summed E-state index contributed by atoms with van der Waals surface area (Å²) in [5.41, 5.74) is -3.62. The van der Waals surface area contributed by atoms with Crippen LogP contribution in [0.4, 0.5) is 26.3 Å². The Bertz CT molecular complexity index is 497. The molecule has 1 heterocycles. The monoisotopic (exact) mass is 256 g/mol. The molecule has 2 rings (SSSR count). The van der Waals surface area contributed by atoms with Crippen molar-refractivity contribution < 1.29 is 26.3 Å². The third kappa shape index (κ3) is 1.18. The molecule has 1 aromatic rings. The van der Waals surface area contributed by atoms with Crippen LogP contribution in [0.5, 0.6) is 0 Å². The van der Waals surface area contributed by atoms with E-state index in [2.05, 4.69) is 9.97 Å². The van der Waals surface area contributed by atoms with Gasteiger partial charge in [-0.15, -0.1) is 0 Å². The predicted molar refractivity (Wildman–Crippen MR) is 44.2 cm³/mol. The van der Waals surface area contributed by atoms with Crippen molar-refractivity contribution in [2.24, 2.45) is 0 Å². The van der Waals surface area contributed by atoms with E-state index in [0.717, 1.165) is 13.8 Å². The molecule has 0 amide bonds. The van der Waals surface area contributed by atoms with E-state index >= 15 is 0 Å². The minimum atomic E-state index is -5.49. The fraction of sp³-hybridized carbons (Fsp3) is 0.556. The number of aromatic nitrogens is 2. The SMILES string of the molecule is Cc1nc(C)c2c(n1)C(F)(F)C(F)(F)C2(F)F. The maximum absolute atomic E-state index is 13.3. The van der Waals surface area contributed by atoms with Gasteiger partial charge in [-0.1, -0.05) is 0 Å². The fourth-order valence-electron chi connectivity index (χ4n) is 1.82. The molecule has 0 aromatic carbocycles. The highest BCUT2D eigenvalue weighted by Gasteiger charge is 2.80. The lowest BCUT2D eigenvalue weighted by atomic mass is 10.1. The summed E-state index contributed by atoms with van der Waals surface area (Å²) in [5.74, 6) is -15.7. The summed E-state index contributed by atoms with van der Waals surface area (Å²) in [4.78, 5) is 6.45. The molecule has 0 radical (unpaired) electrons. The van der Waals surface area contributed by atoms with E-state index in [4.69, 9.17) is 0 Å². The van der Waals surface area contributed by atoms with E-state index in [1.54, 1.807) is 0 Å². The van der Waals surface area contributed by atoms with Gasteiger partial charge in [0, 0.05) is 0 Å². The first-order valence-electron chi connectivity index (χ1n) is 4.53. The zero-order chi connectivity index (χ0) is 13.2. The third-order valence-electron chi connectivity index (χ3n) is 2.60. The topological polar surface area (TPSA) is 25.8 Å². The Morgan fingerprint density at radius 2 is 1.35 bits per heavy atom. The van der Waals surface area contributed by atoms with Gasteiger partial charge in [0.05, 0.1) is 11.3 Å². The second-order valence-electron chi connectivity index (χ2n) is 3.80. The van der Waals surface area contributed by atoms with Crippen molar-refractivity contribution in [3.05, 3.63) is 22.8 Å². The second kappa shape index (κ2) is 2.91. The van der Waals surface area contributed by atoms with E-state index < -0.39 is 34.7 Å². The van der Waals surface area contributed by atoms with Crippen LogP contribution in [0.2, 0.25) is 0 Å². The fourth-order valence-corrected chi connectivity index (χ4v) is 1.82. The van der Waals surface area contributed by atoms with E-state index in [-0.39, 0.29) is 5.82 Å². The number of rotatable bonds is 0. The Morgan fingerprint density at radius 1 is 0.824 bits per heavy atom. The molecule has 8 heteroatoms. The average Bonchev–Trinajstić information content (AvgIpc) is 2.23. The molecule has 0 spiro atoms. The van der Waals surface area contributed by atoms with Gasteiger partial charge in [-0.3, -0.25) is 0 Å². The molecule has 0 N–H and O–H groups in total. The van der Waals surface area contributed by atoms with E-state index in [0.29, 0.717) is 0 Å². The quantitative estimate of drug-likeness (QED) is 0.667. The van der Waals surface area contributed by atoms with Gasteiger partial charge in [-0.2, -0.15) is 26.3 Å². The van der Waals surface area contributed by atoms with Crippen molar-refractivity contribution >= 4 is 0 Å². The molecule has 2 nitrogen and oxygen atoms in total. The molecule has 1 aromatic heterocycles. The first kappa shape index (κ1) is 12.1. The Hall–Kier alpha value is -1.34. The number of hydrogen-bond donors (Lipinski definition) is 0. The summed E-state index contributed by atoms with van der Waals surface area (Å²) in [6, 6.07) is 0. The van der Waals surface area contributed by atoms with Crippen LogP contribution in [0.1, 0.15) is 22.8 Å². The molecule has 0 unspecified atom stereocenters. The molecule has 0 aliphatic heterocycles. The van der Waals surface area contributed by atoms with Gasteiger partial charge in [0.15, 0.2) is 0 Å². The van der Waals surface area contributed by atoms with Crippen LogP contribution in [0.25, 0.3) is 0 Å². The van der Waals surface area contributed by atoms with Crippen LogP contribution in [0.3, 0.4) is 0 Å². The molecule has 17 heavy (non-hydrogen) atoms. The molecule has 1 aliphatic rings. The van der Waals surface area contributed by atoms with Crippen LogP contribution < -0.4 is 0 Å². The normalized spacial score (nSPS) is 23.5. The summed E-state index contributed by atoms with van der Waals surface area (Å²) < 4.78 is 79.2. The molecule has 0 fully saturated rings. The van der Waals surface area contributed by atoms with Crippen molar-refractivity contribution in [3.8, 4) is 0 Å². The first-order chi connectivity index (χ1) is 7.53. The Morgan fingerprint density at radius 3 is 1.88 bits per heavy atom. The molecular formula is C9H6F6N2. The highest BCUT2D eigenvalue weighted by molar-refractivity contribution is 5.42. The zero-order valence-electron chi connectivity index (χ0n) is 8.66. The lowest BCUT2D eigenvalue weighted by molar-refractivity contribution is -0.303. The van der Waals surface area contributed by atoms with Gasteiger partial charge in [-0.05, 0) is 13.8 Å². The Kier molecular flexibility index (Phi) is 2.08. The van der Waals surface area contributed by atoms with Gasteiger partial charge in [0.2, 0.25) is 0 Å². The van der Waals surface area contributed by atoms with Gasteiger partial charge in [0.1, 0.15) is 11.5 Å². The van der Waals surface area contributed by atoms with Gasteiger partial charge < -0.3 is 0 Å². The van der Waals surface area contributed by atoms with Crippen molar-refractivity contribution in [1.29, 1.82) is 0 Å². The maximum atomic E-state index is 13.3. The molecule has 0 saturated heterocycles. The Labute approximate surface area is 91.7 Å². The number of nitrogens with zero attached hydrogens (tertiary/aromatic N) is 2. The molecule has 94 valence electrons. The summed E-state index contributed by atoms with van der Waals surface area (Å²) in [6.07, 6.45) is 0. The van der Waals surface area contributed by atoms with Crippen LogP contribution in [-0.2, 0) is 11.8 Å². The summed E-state index contributed by atoms with van der Waals surface area (Å²) in [6.45, 7) is 2.14. The Balaban J connectivity index is 2.87. The molecule has 0 saturated carbocycles. The highest BCUT2D eigenvalue weighted by Crippen LogP contribution is 2.62. The lowest BCUT2D eigenvalue weighted by Crippen LogP contribution is -2.43. The third-order valence-corrected chi connectivity index (χ3v) is 2.60. The minimum absolute atomic E-state index is 0.255. The molecule has 0 bridgehead atoms. The molecule has 0 atom stereocenters. The zero-order valence-corrected chi connectivity index (χ0v) is 8.66. The maximum Gasteiger partial charge on any atom is 0.382 e. The van der Waals surface area contributed by atoms with E-state index in [1.165, 1.54) is 0 Å². The minimum Gasteiger partial charge on any atom is -0.238 e. The smallest absolute Gasteiger partial charge is 0.238 e. The molecular weight excluding hydrogens is 250 g/mol. The van der Waals surface area contributed by atoms with Crippen LogP contribution in [-0.4, -0.2) is 15.9 Å². The van der Waals surface area contributed by atoms with Crippen LogP contribution in [0.15, 0.2) is 0 Å². The van der Waals surface area contributed by atoms with Crippen molar-refractivity contribution in [1.82, 2.24) is 9.97 Å². The average molecular weight is 256 g/mol. The standard InChI is InChI=1S/C9H6F6N2/c1-3-5-6(17-4(2)16-3)8(12,13)9(14,15)7(5,10)11/h1-2H3. The number of aryl methyl sites for hydroxylation is 2. The van der Waals surface area contributed by atoms with Crippen LogP contribution in [0, 0.1) is 13.8 Å². The highest BCUT2D eigenvalue weighted by atomic mass is 19.3. The molecule has 1 aliphatic carbocycles. The number of fused-ring (bicyclic) bond motifs is 1. The van der Waals surface area contributed by atoms with Gasteiger partial charge >= 0.3 is 17.8 Å². The van der Waals surface area contributed by atoms with E-state index in [1.807, 2.05) is 0 Å². The van der Waals surface area contributed by atoms with Gasteiger partial charge in [0.25, 0.3) is 0 Å². The summed E-state index contributed by atoms with van der Waals surface area (Å²) in [5, 5.41) is 0.